The van der Waals surface area contributed by atoms with Crippen molar-refractivity contribution in [2.24, 2.45) is 5.92 Å². The van der Waals surface area contributed by atoms with Crippen LogP contribution in [-0.2, 0) is 9.59 Å². The van der Waals surface area contributed by atoms with E-state index in [2.05, 4.69) is 0 Å². The van der Waals surface area contributed by atoms with E-state index in [1.807, 2.05) is 13.0 Å². The Hall–Kier alpha value is -1.32. The summed E-state index contributed by atoms with van der Waals surface area (Å²) in [5.41, 5.74) is 0.640. The Morgan fingerprint density at radius 1 is 1.69 bits per heavy atom. The zero-order chi connectivity index (χ0) is 11.5. The highest BCUT2D eigenvalue weighted by Gasteiger charge is 2.69. The number of carboxylic acid groups (broad SMARTS) is 1. The fourth-order valence-corrected chi connectivity index (χ4v) is 3.34. The maximum absolute atomic E-state index is 12.1. The Labute approximate surface area is 93.9 Å². The molecule has 1 spiro atoms. The van der Waals surface area contributed by atoms with Gasteiger partial charge >= 0.3 is 5.97 Å². The average Bonchev–Trinajstić information content (AvgIpc) is 2.69. The number of nitrogens with zero attached hydrogens (tertiary/aromatic N) is 1. The van der Waals surface area contributed by atoms with Gasteiger partial charge in [0.15, 0.2) is 0 Å². The van der Waals surface area contributed by atoms with Crippen LogP contribution in [0.1, 0.15) is 32.6 Å². The maximum Gasteiger partial charge on any atom is 0.326 e. The highest BCUT2D eigenvalue weighted by atomic mass is 16.4. The highest BCUT2D eigenvalue weighted by molar-refractivity contribution is 6.01. The van der Waals surface area contributed by atoms with Crippen LogP contribution >= 0.6 is 0 Å². The van der Waals surface area contributed by atoms with E-state index in [0.29, 0.717) is 12.3 Å². The second-order valence-corrected chi connectivity index (χ2v) is 5.08. The largest absolute Gasteiger partial charge is 0.480 e. The number of carbonyl (C=O) groups is 2. The number of carboxylic acids is 1. The smallest absolute Gasteiger partial charge is 0.326 e. The summed E-state index contributed by atoms with van der Waals surface area (Å²) in [6.07, 6.45) is 5.36. The number of carbonyl (C=O) groups excluding carboxylic acids is 1. The molecule has 1 aliphatic carbocycles. The Morgan fingerprint density at radius 3 is 3.06 bits per heavy atom. The third-order valence-electron chi connectivity index (χ3n) is 4.11. The van der Waals surface area contributed by atoms with Gasteiger partial charge < -0.3 is 10.0 Å². The van der Waals surface area contributed by atoms with Gasteiger partial charge in [0, 0.05) is 5.57 Å². The van der Waals surface area contributed by atoms with E-state index in [1.165, 1.54) is 0 Å². The fourth-order valence-electron chi connectivity index (χ4n) is 3.34. The molecule has 2 aliphatic heterocycles. The molecule has 2 heterocycles. The highest BCUT2D eigenvalue weighted by Crippen LogP contribution is 2.62. The third kappa shape index (κ3) is 0.996. The summed E-state index contributed by atoms with van der Waals surface area (Å²) < 4.78 is 0. The number of rotatable bonds is 3. The molecule has 4 nitrogen and oxygen atoms in total. The van der Waals surface area contributed by atoms with E-state index in [0.717, 1.165) is 24.8 Å². The van der Waals surface area contributed by atoms with Gasteiger partial charge in [-0.25, -0.2) is 4.79 Å². The summed E-state index contributed by atoms with van der Waals surface area (Å²) >= 11 is 0. The first-order chi connectivity index (χ1) is 7.60. The minimum absolute atomic E-state index is 0.0331. The Morgan fingerprint density at radius 2 is 2.44 bits per heavy atom. The van der Waals surface area contributed by atoms with Crippen LogP contribution in [0.4, 0.5) is 0 Å². The van der Waals surface area contributed by atoms with Gasteiger partial charge in [0.05, 0.1) is 5.54 Å². The minimum Gasteiger partial charge on any atom is -0.480 e. The molecule has 0 unspecified atom stereocenters. The predicted molar refractivity (Wildman–Crippen MR) is 56.7 cm³/mol. The lowest BCUT2D eigenvalue weighted by Crippen LogP contribution is -2.44. The number of amides is 1. The molecule has 0 aromatic heterocycles. The lowest BCUT2D eigenvalue weighted by atomic mass is 10.1. The van der Waals surface area contributed by atoms with Gasteiger partial charge in [0.1, 0.15) is 6.04 Å². The first kappa shape index (κ1) is 9.87. The van der Waals surface area contributed by atoms with Crippen molar-refractivity contribution in [3.05, 3.63) is 11.6 Å². The molecular weight excluding hydrogens is 206 g/mol. The van der Waals surface area contributed by atoms with Crippen molar-refractivity contribution in [3.8, 4) is 0 Å². The molecule has 1 N–H and O–H groups in total. The SMILES string of the molecule is CCCC1=C[C@]23C[C@H]2C[C@H](C(=O)O)N3C1=O. The summed E-state index contributed by atoms with van der Waals surface area (Å²) in [7, 11) is 0. The van der Waals surface area contributed by atoms with Crippen LogP contribution in [0.25, 0.3) is 0 Å². The maximum atomic E-state index is 12.1. The quantitative estimate of drug-likeness (QED) is 0.778. The standard InChI is InChI=1S/C12H15NO3/c1-2-3-7-5-12-6-8(12)4-9(11(15)16)13(12)10(7)14/h5,8-9H,2-4,6H2,1H3,(H,15,16)/t8-,9-,12+/m1/s1. The predicted octanol–water partition coefficient (Wildman–Crippen LogP) is 1.17. The van der Waals surface area contributed by atoms with Gasteiger partial charge in [-0.2, -0.15) is 0 Å². The molecule has 1 saturated heterocycles. The number of hydrogen-bond donors (Lipinski definition) is 1. The van der Waals surface area contributed by atoms with E-state index in [9.17, 15) is 9.59 Å². The second kappa shape index (κ2) is 2.87. The van der Waals surface area contributed by atoms with E-state index >= 15 is 0 Å². The van der Waals surface area contributed by atoms with E-state index < -0.39 is 12.0 Å². The summed E-state index contributed by atoms with van der Waals surface area (Å²) in [4.78, 5) is 24.8. The molecule has 1 saturated carbocycles. The van der Waals surface area contributed by atoms with Crippen LogP contribution in [0.3, 0.4) is 0 Å². The molecule has 3 rings (SSSR count). The first-order valence-electron chi connectivity index (χ1n) is 5.88. The minimum atomic E-state index is -0.855. The number of hydrogen-bond acceptors (Lipinski definition) is 2. The van der Waals surface area contributed by atoms with Crippen LogP contribution in [0.5, 0.6) is 0 Å². The van der Waals surface area contributed by atoms with Gasteiger partial charge in [-0.05, 0) is 31.3 Å². The van der Waals surface area contributed by atoms with E-state index in [1.54, 1.807) is 4.90 Å². The van der Waals surface area contributed by atoms with Crippen LogP contribution in [0.2, 0.25) is 0 Å². The zero-order valence-electron chi connectivity index (χ0n) is 9.27. The number of piperidine rings is 1. The van der Waals surface area contributed by atoms with Crippen molar-refractivity contribution in [2.45, 2.75) is 44.2 Å². The third-order valence-corrected chi connectivity index (χ3v) is 4.11. The van der Waals surface area contributed by atoms with E-state index in [4.69, 9.17) is 5.11 Å². The molecule has 0 radical (unpaired) electrons. The van der Waals surface area contributed by atoms with Crippen molar-refractivity contribution in [2.75, 3.05) is 0 Å². The molecule has 86 valence electrons. The molecular formula is C12H15NO3. The van der Waals surface area contributed by atoms with Crippen molar-refractivity contribution in [1.82, 2.24) is 4.90 Å². The van der Waals surface area contributed by atoms with Gasteiger partial charge in [-0.15, -0.1) is 0 Å². The number of aliphatic carboxylic acids is 1. The fraction of sp³-hybridized carbons (Fsp3) is 0.667. The zero-order valence-corrected chi connectivity index (χ0v) is 9.27. The molecule has 0 bridgehead atoms. The van der Waals surface area contributed by atoms with Gasteiger partial charge in [0.25, 0.3) is 5.91 Å². The van der Waals surface area contributed by atoms with Crippen LogP contribution < -0.4 is 0 Å². The first-order valence-corrected chi connectivity index (χ1v) is 5.88. The van der Waals surface area contributed by atoms with Gasteiger partial charge in [-0.1, -0.05) is 13.3 Å². The van der Waals surface area contributed by atoms with E-state index in [-0.39, 0.29) is 11.4 Å². The molecule has 4 heteroatoms. The topological polar surface area (TPSA) is 57.6 Å². The summed E-state index contributed by atoms with van der Waals surface area (Å²) in [5.74, 6) is -0.493. The van der Waals surface area contributed by atoms with Crippen LogP contribution in [-0.4, -0.2) is 33.5 Å². The van der Waals surface area contributed by atoms with Gasteiger partial charge in [0.2, 0.25) is 0 Å². The summed E-state index contributed by atoms with van der Waals surface area (Å²) in [6.45, 7) is 2.04. The molecule has 0 aromatic carbocycles. The molecule has 0 aromatic rings. The summed E-state index contributed by atoms with van der Waals surface area (Å²) in [6, 6.07) is -0.586. The van der Waals surface area contributed by atoms with Crippen molar-refractivity contribution >= 4 is 11.9 Å². The molecule has 16 heavy (non-hydrogen) atoms. The molecule has 2 fully saturated rings. The van der Waals surface area contributed by atoms with Crippen molar-refractivity contribution in [1.29, 1.82) is 0 Å². The molecule has 3 aliphatic rings. The second-order valence-electron chi connectivity index (χ2n) is 5.08. The lowest BCUT2D eigenvalue weighted by molar-refractivity contribution is -0.148. The Balaban J connectivity index is 1.93. The monoisotopic (exact) mass is 221 g/mol. The van der Waals surface area contributed by atoms with Crippen LogP contribution in [0.15, 0.2) is 11.6 Å². The molecule has 3 atom stereocenters. The van der Waals surface area contributed by atoms with Crippen molar-refractivity contribution in [3.63, 3.8) is 0 Å². The Kier molecular flexibility index (Phi) is 1.77. The normalized spacial score (nSPS) is 39.4. The summed E-state index contributed by atoms with van der Waals surface area (Å²) in [5, 5.41) is 9.11. The Bertz CT molecular complexity index is 414. The molecule has 1 amide bonds. The van der Waals surface area contributed by atoms with Crippen LogP contribution in [0, 0.1) is 5.92 Å². The average molecular weight is 221 g/mol. The van der Waals surface area contributed by atoms with Crippen molar-refractivity contribution < 1.29 is 14.7 Å². The van der Waals surface area contributed by atoms with Gasteiger partial charge in [-0.3, -0.25) is 4.79 Å². The lowest BCUT2D eigenvalue weighted by Gasteiger charge is -2.25.